The number of nitrogens with zero attached hydrogens (tertiary/aromatic N) is 3. The largest absolute Gasteiger partial charge is 0.493 e. The molecule has 1 aromatic heterocycles. The summed E-state index contributed by atoms with van der Waals surface area (Å²) in [4.78, 5) is 18.5. The Bertz CT molecular complexity index is 1330. The van der Waals surface area contributed by atoms with E-state index in [0.717, 1.165) is 11.3 Å². The zero-order chi connectivity index (χ0) is 26.5. The third-order valence-corrected chi connectivity index (χ3v) is 6.95. The molecule has 2 N–H and O–H groups in total. The van der Waals surface area contributed by atoms with Gasteiger partial charge in [-0.05, 0) is 72.3 Å². The molecule has 37 heavy (non-hydrogen) atoms. The third-order valence-electron chi connectivity index (χ3n) is 5.64. The first-order valence-electron chi connectivity index (χ1n) is 12.0. The van der Waals surface area contributed by atoms with Crippen LogP contribution in [0.15, 0.2) is 57.3 Å². The van der Waals surface area contributed by atoms with Crippen molar-refractivity contribution in [3.63, 3.8) is 0 Å². The third kappa shape index (κ3) is 5.57. The van der Waals surface area contributed by atoms with Gasteiger partial charge in [0, 0.05) is 5.70 Å². The van der Waals surface area contributed by atoms with Gasteiger partial charge in [0.2, 0.25) is 11.1 Å². The van der Waals surface area contributed by atoms with Crippen molar-refractivity contribution in [3.8, 4) is 17.2 Å². The van der Waals surface area contributed by atoms with Crippen LogP contribution in [0.5, 0.6) is 17.2 Å². The molecule has 0 radical (unpaired) electrons. The highest BCUT2D eigenvalue weighted by molar-refractivity contribution is 9.10. The molecule has 1 unspecified atom stereocenters. The summed E-state index contributed by atoms with van der Waals surface area (Å²) in [5, 5.41) is 11.7. The Labute approximate surface area is 229 Å². The molecule has 4 rings (SSSR count). The van der Waals surface area contributed by atoms with Crippen LogP contribution in [0.25, 0.3) is 0 Å². The number of thioether (sulfide) groups is 1. The highest BCUT2D eigenvalue weighted by Gasteiger charge is 2.35. The molecule has 9 nitrogen and oxygen atoms in total. The number of ether oxygens (including phenoxy) is 3. The summed E-state index contributed by atoms with van der Waals surface area (Å²) in [5.41, 5.74) is 2.55. The molecule has 2 heterocycles. The van der Waals surface area contributed by atoms with Crippen LogP contribution >= 0.6 is 27.7 Å². The summed E-state index contributed by atoms with van der Waals surface area (Å²) < 4.78 is 19.6. The first-order chi connectivity index (χ1) is 17.9. The van der Waals surface area contributed by atoms with Gasteiger partial charge in [0.15, 0.2) is 11.5 Å². The lowest BCUT2D eigenvalue weighted by Crippen LogP contribution is -2.31. The molecule has 3 aromatic rings. The van der Waals surface area contributed by atoms with E-state index < -0.39 is 6.04 Å². The number of halogens is 1. The molecular weight excluding hydrogens is 558 g/mol. The minimum absolute atomic E-state index is 0.281. The van der Waals surface area contributed by atoms with Crippen LogP contribution in [0.4, 0.5) is 11.6 Å². The number of amides is 1. The van der Waals surface area contributed by atoms with Crippen LogP contribution in [-0.2, 0) is 4.79 Å². The van der Waals surface area contributed by atoms with E-state index in [2.05, 4.69) is 31.5 Å². The number of methoxy groups -OCH3 is 1. The molecule has 0 saturated heterocycles. The molecule has 1 aliphatic rings. The Morgan fingerprint density at radius 2 is 1.92 bits per heavy atom. The summed E-state index contributed by atoms with van der Waals surface area (Å²) in [6.07, 6.45) is 0. The van der Waals surface area contributed by atoms with E-state index in [4.69, 9.17) is 19.3 Å². The van der Waals surface area contributed by atoms with Gasteiger partial charge < -0.3 is 24.8 Å². The maximum Gasteiger partial charge on any atom is 0.255 e. The minimum atomic E-state index is -0.574. The van der Waals surface area contributed by atoms with E-state index >= 15 is 0 Å². The number of carbonyl (C=O) groups is 1. The van der Waals surface area contributed by atoms with Crippen LogP contribution in [0.2, 0.25) is 0 Å². The fourth-order valence-corrected chi connectivity index (χ4v) is 5.28. The summed E-state index contributed by atoms with van der Waals surface area (Å²) in [6, 6.07) is 10.6. The van der Waals surface area contributed by atoms with Crippen molar-refractivity contribution >= 4 is 45.2 Å². The van der Waals surface area contributed by atoms with Crippen molar-refractivity contribution in [2.75, 3.05) is 36.7 Å². The number of hydrogen-bond donors (Lipinski definition) is 2. The van der Waals surface area contributed by atoms with Crippen LogP contribution < -0.4 is 24.8 Å². The number of fused-ring (bicyclic) bond motifs is 1. The molecular formula is C26H30BrN5O4S. The molecule has 11 heteroatoms. The zero-order valence-corrected chi connectivity index (χ0v) is 23.8. The summed E-state index contributed by atoms with van der Waals surface area (Å²) >= 11 is 5.16. The predicted molar refractivity (Wildman–Crippen MR) is 149 cm³/mol. The minimum Gasteiger partial charge on any atom is -0.493 e. The topological polar surface area (TPSA) is 99.5 Å². The smallest absolute Gasteiger partial charge is 0.255 e. The van der Waals surface area contributed by atoms with Gasteiger partial charge >= 0.3 is 0 Å². The Balaban J connectivity index is 1.83. The maximum atomic E-state index is 13.9. The summed E-state index contributed by atoms with van der Waals surface area (Å²) in [5.74, 6) is 2.86. The fraction of sp³-hybridized carbons (Fsp3) is 0.346. The zero-order valence-electron chi connectivity index (χ0n) is 21.4. The first kappa shape index (κ1) is 26.9. The number of para-hydroxylation sites is 2. The van der Waals surface area contributed by atoms with Gasteiger partial charge in [-0.3, -0.25) is 4.79 Å². The number of nitrogens with one attached hydrogen (secondary N) is 2. The Morgan fingerprint density at radius 3 is 2.62 bits per heavy atom. The molecule has 0 spiro atoms. The van der Waals surface area contributed by atoms with Crippen LogP contribution in [0.3, 0.4) is 0 Å². The van der Waals surface area contributed by atoms with E-state index in [9.17, 15) is 4.79 Å². The number of aromatic nitrogens is 3. The van der Waals surface area contributed by atoms with Crippen molar-refractivity contribution in [2.45, 2.75) is 38.9 Å². The van der Waals surface area contributed by atoms with Crippen molar-refractivity contribution in [1.29, 1.82) is 0 Å². The predicted octanol–water partition coefficient (Wildman–Crippen LogP) is 5.89. The van der Waals surface area contributed by atoms with Crippen molar-refractivity contribution in [3.05, 3.63) is 57.7 Å². The van der Waals surface area contributed by atoms with Gasteiger partial charge in [0.25, 0.3) is 5.91 Å². The highest BCUT2D eigenvalue weighted by atomic mass is 79.9. The van der Waals surface area contributed by atoms with Crippen molar-refractivity contribution < 1.29 is 19.0 Å². The number of carbonyl (C=O) groups excluding carboxylic acids is 1. The molecule has 0 aliphatic carbocycles. The average Bonchev–Trinajstić information content (AvgIpc) is 3.27. The lowest BCUT2D eigenvalue weighted by molar-refractivity contribution is -0.113. The van der Waals surface area contributed by atoms with Gasteiger partial charge in [-0.2, -0.15) is 4.98 Å². The van der Waals surface area contributed by atoms with E-state index in [-0.39, 0.29) is 5.91 Å². The van der Waals surface area contributed by atoms with Crippen LogP contribution in [0.1, 0.15) is 39.3 Å². The van der Waals surface area contributed by atoms with E-state index in [1.165, 1.54) is 11.8 Å². The van der Waals surface area contributed by atoms with Crippen LogP contribution in [-0.4, -0.2) is 46.7 Å². The van der Waals surface area contributed by atoms with E-state index in [0.29, 0.717) is 63.0 Å². The van der Waals surface area contributed by atoms with Crippen molar-refractivity contribution in [1.82, 2.24) is 14.8 Å². The van der Waals surface area contributed by atoms with Gasteiger partial charge in [-0.1, -0.05) is 30.8 Å². The second-order valence-electron chi connectivity index (χ2n) is 8.01. The first-order valence-corrected chi connectivity index (χ1v) is 13.8. The number of rotatable bonds is 10. The second-order valence-corrected chi connectivity index (χ2v) is 10.1. The lowest BCUT2D eigenvalue weighted by Gasteiger charge is -2.29. The number of hydrogen-bond acceptors (Lipinski definition) is 8. The Hall–Kier alpha value is -3.18. The standard InChI is InChI=1S/C26H30BrN5O4S/c1-6-35-19-12-10-9-11-18(19)29-24(33)21-15(4)28-25-30-26(37-8-3)31-32(25)22(21)16-13-17(27)23(36-7-2)20(14-16)34-5/h9-14,22H,6-8H2,1-5H3,(H,29,33)(H,28,30,31). The molecule has 1 aliphatic heterocycles. The summed E-state index contributed by atoms with van der Waals surface area (Å²) in [6.45, 7) is 8.69. The van der Waals surface area contributed by atoms with Crippen LogP contribution in [0, 0.1) is 0 Å². The lowest BCUT2D eigenvalue weighted by atomic mass is 9.94. The van der Waals surface area contributed by atoms with Gasteiger partial charge in [-0.15, -0.1) is 5.10 Å². The van der Waals surface area contributed by atoms with Gasteiger partial charge in [0.1, 0.15) is 11.8 Å². The molecule has 1 atom stereocenters. The molecule has 0 fully saturated rings. The SMILES string of the molecule is CCOc1ccccc1NC(=O)C1=C(C)Nc2nc(SCC)nn2C1c1cc(Br)c(OCC)c(OC)c1. The molecule has 0 bridgehead atoms. The Kier molecular flexibility index (Phi) is 8.65. The average molecular weight is 589 g/mol. The molecule has 2 aromatic carbocycles. The fourth-order valence-electron chi connectivity index (χ4n) is 4.15. The molecule has 1 amide bonds. The monoisotopic (exact) mass is 587 g/mol. The molecule has 0 saturated carbocycles. The number of allylic oxidation sites excluding steroid dienone is 1. The summed E-state index contributed by atoms with van der Waals surface area (Å²) in [7, 11) is 1.59. The van der Waals surface area contributed by atoms with E-state index in [1.54, 1.807) is 11.8 Å². The van der Waals surface area contributed by atoms with E-state index in [1.807, 2.05) is 64.1 Å². The quantitative estimate of drug-likeness (QED) is 0.283. The molecule has 196 valence electrons. The second kappa shape index (κ2) is 11.9. The Morgan fingerprint density at radius 1 is 1.16 bits per heavy atom. The van der Waals surface area contributed by atoms with Gasteiger partial charge in [-0.25, -0.2) is 4.68 Å². The number of anilines is 2. The maximum absolute atomic E-state index is 13.9. The number of benzene rings is 2. The normalized spacial score (nSPS) is 14.6. The van der Waals surface area contributed by atoms with Crippen molar-refractivity contribution in [2.24, 2.45) is 0 Å². The highest BCUT2D eigenvalue weighted by Crippen LogP contribution is 2.43. The van der Waals surface area contributed by atoms with Gasteiger partial charge in [0.05, 0.1) is 36.1 Å².